The first-order chi connectivity index (χ1) is 7.77. The van der Waals surface area contributed by atoms with Crippen molar-refractivity contribution in [3.63, 3.8) is 0 Å². The molecule has 0 saturated heterocycles. The quantitative estimate of drug-likeness (QED) is 0.612. The van der Waals surface area contributed by atoms with Crippen LogP contribution in [0.4, 0.5) is 0 Å². The molecule has 1 N–H and O–H groups in total. The molecule has 0 aliphatic heterocycles. The second-order valence-electron chi connectivity index (χ2n) is 3.86. The standard InChI is InChI=1S/C12H14O4/c1-15-7-16-10-5-4-9(6-13)12(14)11(10)8-2-3-8/h4-6,8,14H,2-3,7H2,1H3. The fraction of sp³-hybridized carbons (Fsp3) is 0.417. The predicted octanol–water partition coefficient (Wildman–Crippen LogP) is 2.06. The van der Waals surface area contributed by atoms with Gasteiger partial charge in [0.2, 0.25) is 0 Å². The van der Waals surface area contributed by atoms with E-state index in [2.05, 4.69) is 0 Å². The van der Waals surface area contributed by atoms with E-state index in [9.17, 15) is 9.90 Å². The number of benzene rings is 1. The van der Waals surface area contributed by atoms with Crippen LogP contribution in [0.15, 0.2) is 12.1 Å². The van der Waals surface area contributed by atoms with Crippen LogP contribution in [0.5, 0.6) is 11.5 Å². The van der Waals surface area contributed by atoms with Crippen molar-refractivity contribution in [2.24, 2.45) is 0 Å². The summed E-state index contributed by atoms with van der Waals surface area (Å²) in [6.07, 6.45) is 2.71. The Morgan fingerprint density at radius 3 is 2.81 bits per heavy atom. The summed E-state index contributed by atoms with van der Waals surface area (Å²) in [7, 11) is 1.54. The van der Waals surface area contributed by atoms with Crippen LogP contribution in [0.25, 0.3) is 0 Å². The number of aldehydes is 1. The highest BCUT2D eigenvalue weighted by Gasteiger charge is 2.30. The Bertz CT molecular complexity index is 396. The van der Waals surface area contributed by atoms with Gasteiger partial charge in [-0.05, 0) is 30.9 Å². The van der Waals surface area contributed by atoms with Crippen LogP contribution in [-0.4, -0.2) is 25.3 Å². The molecule has 0 heterocycles. The minimum absolute atomic E-state index is 0.0473. The number of hydrogen-bond donors (Lipinski definition) is 1. The van der Waals surface area contributed by atoms with Crippen LogP contribution in [0.3, 0.4) is 0 Å². The SMILES string of the molecule is COCOc1ccc(C=O)c(O)c1C1CC1. The van der Waals surface area contributed by atoms with Crippen LogP contribution in [0.1, 0.15) is 34.7 Å². The van der Waals surface area contributed by atoms with E-state index in [1.54, 1.807) is 12.1 Å². The molecule has 1 aromatic rings. The van der Waals surface area contributed by atoms with E-state index in [0.717, 1.165) is 18.4 Å². The first-order valence-electron chi connectivity index (χ1n) is 5.20. The molecule has 86 valence electrons. The molecule has 4 nitrogen and oxygen atoms in total. The number of rotatable bonds is 5. The molecule has 0 radical (unpaired) electrons. The lowest BCUT2D eigenvalue weighted by Crippen LogP contribution is -2.02. The van der Waals surface area contributed by atoms with Gasteiger partial charge < -0.3 is 14.6 Å². The largest absolute Gasteiger partial charge is 0.507 e. The van der Waals surface area contributed by atoms with E-state index in [1.165, 1.54) is 7.11 Å². The Balaban J connectivity index is 2.36. The average molecular weight is 222 g/mol. The second-order valence-corrected chi connectivity index (χ2v) is 3.86. The number of phenols is 1. The highest BCUT2D eigenvalue weighted by molar-refractivity contribution is 5.81. The fourth-order valence-electron chi connectivity index (χ4n) is 1.72. The molecule has 16 heavy (non-hydrogen) atoms. The maximum atomic E-state index is 10.7. The van der Waals surface area contributed by atoms with Crippen LogP contribution in [0.2, 0.25) is 0 Å². The van der Waals surface area contributed by atoms with E-state index < -0.39 is 0 Å². The number of aromatic hydroxyl groups is 1. The summed E-state index contributed by atoms with van der Waals surface area (Å²) in [6, 6.07) is 3.26. The van der Waals surface area contributed by atoms with Crippen LogP contribution < -0.4 is 4.74 Å². The molecule has 0 aromatic heterocycles. The maximum absolute atomic E-state index is 10.7. The molecular weight excluding hydrogens is 208 g/mol. The minimum Gasteiger partial charge on any atom is -0.507 e. The first kappa shape index (κ1) is 11.0. The minimum atomic E-state index is 0.0473. The monoisotopic (exact) mass is 222 g/mol. The van der Waals surface area contributed by atoms with Gasteiger partial charge in [0.1, 0.15) is 11.5 Å². The third-order valence-electron chi connectivity index (χ3n) is 2.65. The van der Waals surface area contributed by atoms with E-state index in [-0.39, 0.29) is 12.5 Å². The maximum Gasteiger partial charge on any atom is 0.188 e. The molecule has 0 bridgehead atoms. The number of phenolic OH excluding ortho intramolecular Hbond substituents is 1. The number of carbonyl (C=O) groups excluding carboxylic acids is 1. The Morgan fingerprint density at radius 1 is 1.50 bits per heavy atom. The number of methoxy groups -OCH3 is 1. The van der Waals surface area contributed by atoms with Gasteiger partial charge in [-0.3, -0.25) is 4.79 Å². The molecule has 2 rings (SSSR count). The van der Waals surface area contributed by atoms with Crippen molar-refractivity contribution < 1.29 is 19.4 Å². The van der Waals surface area contributed by atoms with Crippen molar-refractivity contribution in [2.45, 2.75) is 18.8 Å². The van der Waals surface area contributed by atoms with Gasteiger partial charge in [0.25, 0.3) is 0 Å². The van der Waals surface area contributed by atoms with E-state index >= 15 is 0 Å². The molecule has 1 aromatic carbocycles. The molecule has 0 atom stereocenters. The third-order valence-corrected chi connectivity index (χ3v) is 2.65. The molecular formula is C12H14O4. The summed E-state index contributed by atoms with van der Waals surface area (Å²) in [4.78, 5) is 10.7. The van der Waals surface area contributed by atoms with Gasteiger partial charge in [-0.25, -0.2) is 0 Å². The third kappa shape index (κ3) is 2.02. The molecule has 0 amide bonds. The van der Waals surface area contributed by atoms with Gasteiger partial charge >= 0.3 is 0 Å². The highest BCUT2D eigenvalue weighted by atomic mass is 16.7. The van der Waals surface area contributed by atoms with Gasteiger partial charge in [-0.2, -0.15) is 0 Å². The lowest BCUT2D eigenvalue weighted by Gasteiger charge is -2.12. The van der Waals surface area contributed by atoms with E-state index in [0.29, 0.717) is 23.5 Å². The highest BCUT2D eigenvalue weighted by Crippen LogP contribution is 2.49. The number of carbonyl (C=O) groups is 1. The summed E-state index contributed by atoms with van der Waals surface area (Å²) < 4.78 is 10.2. The predicted molar refractivity (Wildman–Crippen MR) is 58.0 cm³/mol. The lowest BCUT2D eigenvalue weighted by molar-refractivity contribution is 0.0502. The Labute approximate surface area is 93.8 Å². The van der Waals surface area contributed by atoms with Crippen molar-refractivity contribution >= 4 is 6.29 Å². The van der Waals surface area contributed by atoms with E-state index in [1.807, 2.05) is 0 Å². The summed E-state index contributed by atoms with van der Waals surface area (Å²) in [6.45, 7) is 0.138. The van der Waals surface area contributed by atoms with Gasteiger partial charge in [0, 0.05) is 12.7 Å². The molecule has 0 unspecified atom stereocenters. The van der Waals surface area contributed by atoms with Crippen LogP contribution in [-0.2, 0) is 4.74 Å². The Kier molecular flexibility index (Phi) is 3.10. The zero-order valence-electron chi connectivity index (χ0n) is 9.10. The van der Waals surface area contributed by atoms with Gasteiger partial charge in [-0.15, -0.1) is 0 Å². The molecule has 1 fully saturated rings. The van der Waals surface area contributed by atoms with Gasteiger partial charge in [-0.1, -0.05) is 0 Å². The Morgan fingerprint density at radius 2 is 2.25 bits per heavy atom. The van der Waals surface area contributed by atoms with Crippen molar-refractivity contribution in [2.75, 3.05) is 13.9 Å². The van der Waals surface area contributed by atoms with Crippen LogP contribution in [0, 0.1) is 0 Å². The smallest absolute Gasteiger partial charge is 0.188 e. The normalized spacial score (nSPS) is 14.8. The molecule has 0 spiro atoms. The summed E-state index contributed by atoms with van der Waals surface area (Å²) in [5.74, 6) is 0.963. The first-order valence-corrected chi connectivity index (χ1v) is 5.20. The second kappa shape index (κ2) is 4.53. The summed E-state index contributed by atoms with van der Waals surface area (Å²) >= 11 is 0. The average Bonchev–Trinajstić information content (AvgIpc) is 3.10. The Hall–Kier alpha value is -1.55. The summed E-state index contributed by atoms with van der Waals surface area (Å²) in [5.41, 5.74) is 1.05. The van der Waals surface area contributed by atoms with Crippen LogP contribution >= 0.6 is 0 Å². The van der Waals surface area contributed by atoms with Crippen molar-refractivity contribution in [1.29, 1.82) is 0 Å². The zero-order valence-corrected chi connectivity index (χ0v) is 9.10. The molecule has 1 saturated carbocycles. The fourth-order valence-corrected chi connectivity index (χ4v) is 1.72. The summed E-state index contributed by atoms with van der Waals surface area (Å²) in [5, 5.41) is 9.93. The topological polar surface area (TPSA) is 55.8 Å². The number of ether oxygens (including phenoxy) is 2. The van der Waals surface area contributed by atoms with Crippen molar-refractivity contribution in [3.8, 4) is 11.5 Å². The van der Waals surface area contributed by atoms with Crippen molar-refractivity contribution in [3.05, 3.63) is 23.3 Å². The zero-order chi connectivity index (χ0) is 11.5. The van der Waals surface area contributed by atoms with Gasteiger partial charge in [0.15, 0.2) is 13.1 Å². The molecule has 1 aliphatic carbocycles. The molecule has 4 heteroatoms. The molecule has 1 aliphatic rings. The van der Waals surface area contributed by atoms with Crippen molar-refractivity contribution in [1.82, 2.24) is 0 Å². The van der Waals surface area contributed by atoms with E-state index in [4.69, 9.17) is 9.47 Å². The van der Waals surface area contributed by atoms with Gasteiger partial charge in [0.05, 0.1) is 5.56 Å². The number of hydrogen-bond acceptors (Lipinski definition) is 4. The lowest BCUT2D eigenvalue weighted by atomic mass is 10.0.